The first-order valence-electron chi connectivity index (χ1n) is 16.7. The predicted molar refractivity (Wildman–Crippen MR) is 197 cm³/mol. The zero-order chi connectivity index (χ0) is 35.6. The highest BCUT2D eigenvalue weighted by atomic mass is 16.5. The summed E-state index contributed by atoms with van der Waals surface area (Å²) in [6.07, 6.45) is 10.7. The van der Waals surface area contributed by atoms with Gasteiger partial charge in [-0.25, -0.2) is 0 Å². The second-order valence-corrected chi connectivity index (χ2v) is 12.3. The van der Waals surface area contributed by atoms with Crippen LogP contribution >= 0.6 is 0 Å². The summed E-state index contributed by atoms with van der Waals surface area (Å²) in [5.74, 6) is 3.97. The fraction of sp³-hybridized carbons (Fsp3) is 0.350. The quantitative estimate of drug-likeness (QED) is 0.140. The van der Waals surface area contributed by atoms with E-state index < -0.39 is 0 Å². The van der Waals surface area contributed by atoms with Gasteiger partial charge in [-0.05, 0) is 95.8 Å². The third-order valence-corrected chi connectivity index (χ3v) is 9.28. The summed E-state index contributed by atoms with van der Waals surface area (Å²) in [6, 6.07) is 15.6. The second-order valence-electron chi connectivity index (χ2n) is 12.3. The maximum Gasteiger partial charge on any atom is 0.244 e. The van der Waals surface area contributed by atoms with Crippen LogP contribution in [0.3, 0.4) is 0 Å². The van der Waals surface area contributed by atoms with Gasteiger partial charge in [-0.2, -0.15) is 0 Å². The number of hydrogen-bond donors (Lipinski definition) is 2. The minimum absolute atomic E-state index is 0.130. The minimum atomic E-state index is -0.130. The number of hydrogen-bond acceptors (Lipinski definition) is 8. The lowest BCUT2D eigenvalue weighted by Crippen LogP contribution is -2.33. The summed E-state index contributed by atoms with van der Waals surface area (Å²) < 4.78 is 33.2. The molecule has 0 aliphatic heterocycles. The van der Waals surface area contributed by atoms with Crippen LogP contribution in [0.15, 0.2) is 60.7 Å². The van der Waals surface area contributed by atoms with Crippen molar-refractivity contribution >= 4 is 45.5 Å². The molecule has 2 N–H and O–H groups in total. The summed E-state index contributed by atoms with van der Waals surface area (Å²) >= 11 is 0. The van der Waals surface area contributed by atoms with Gasteiger partial charge in [0.15, 0.2) is 23.0 Å². The van der Waals surface area contributed by atoms with Crippen LogP contribution in [0.25, 0.3) is 33.7 Å². The predicted octanol–water partition coefficient (Wildman–Crippen LogP) is 6.81. The molecule has 264 valence electrons. The van der Waals surface area contributed by atoms with Gasteiger partial charge in [-0.15, -0.1) is 0 Å². The molecule has 10 nitrogen and oxygen atoms in total. The van der Waals surface area contributed by atoms with Crippen LogP contribution in [-0.2, 0) is 9.59 Å². The SMILES string of the molecule is COc1cc2ccc(C=CC(=O)NCC3CCC(CNC(=O)C=Cc4ccc5cc(OC)c(OC)c(OC)c5c4)CC3)cc2c(OC)c1OC. The van der Waals surface area contributed by atoms with Gasteiger partial charge in [0.1, 0.15) is 0 Å². The summed E-state index contributed by atoms with van der Waals surface area (Å²) in [6.45, 7) is 1.26. The number of carbonyl (C=O) groups excluding carboxylic acids is 2. The molecule has 0 radical (unpaired) electrons. The first kappa shape index (κ1) is 35.9. The Hall–Kier alpha value is -5.38. The Morgan fingerprint density at radius 2 is 0.940 bits per heavy atom. The summed E-state index contributed by atoms with van der Waals surface area (Å²) in [7, 11) is 9.52. The van der Waals surface area contributed by atoms with E-state index in [2.05, 4.69) is 10.6 Å². The highest BCUT2D eigenvalue weighted by Crippen LogP contribution is 2.44. The topological polar surface area (TPSA) is 114 Å². The van der Waals surface area contributed by atoms with Crippen molar-refractivity contribution in [3.8, 4) is 34.5 Å². The van der Waals surface area contributed by atoms with Crippen LogP contribution in [0.5, 0.6) is 34.5 Å². The van der Waals surface area contributed by atoms with Crippen LogP contribution in [0.4, 0.5) is 0 Å². The van der Waals surface area contributed by atoms with Gasteiger partial charge in [-0.1, -0.05) is 24.3 Å². The zero-order valence-corrected chi connectivity index (χ0v) is 29.6. The Labute approximate surface area is 293 Å². The van der Waals surface area contributed by atoms with Gasteiger partial charge in [-0.3, -0.25) is 9.59 Å². The number of fused-ring (bicyclic) bond motifs is 2. The molecule has 10 heteroatoms. The van der Waals surface area contributed by atoms with Crippen molar-refractivity contribution in [3.63, 3.8) is 0 Å². The lowest BCUT2D eigenvalue weighted by Gasteiger charge is -2.28. The van der Waals surface area contributed by atoms with Crippen molar-refractivity contribution in [1.82, 2.24) is 10.6 Å². The molecule has 4 aromatic rings. The van der Waals surface area contributed by atoms with Crippen LogP contribution in [0.1, 0.15) is 36.8 Å². The van der Waals surface area contributed by atoms with E-state index >= 15 is 0 Å². The molecule has 0 saturated heterocycles. The van der Waals surface area contributed by atoms with E-state index in [1.165, 1.54) is 0 Å². The van der Waals surface area contributed by atoms with Crippen molar-refractivity contribution in [1.29, 1.82) is 0 Å². The Bertz CT molecular complexity index is 1760. The van der Waals surface area contributed by atoms with Crippen molar-refractivity contribution in [2.24, 2.45) is 11.8 Å². The van der Waals surface area contributed by atoms with E-state index in [0.29, 0.717) is 59.4 Å². The van der Waals surface area contributed by atoms with Crippen LogP contribution in [0.2, 0.25) is 0 Å². The van der Waals surface area contributed by atoms with Crippen LogP contribution < -0.4 is 39.1 Å². The van der Waals surface area contributed by atoms with Gasteiger partial charge < -0.3 is 39.1 Å². The fourth-order valence-corrected chi connectivity index (χ4v) is 6.57. The molecule has 0 atom stereocenters. The molecular weight excluding hydrogens is 636 g/mol. The van der Waals surface area contributed by atoms with E-state index in [1.807, 2.05) is 48.5 Å². The average molecular weight is 683 g/mol. The first-order chi connectivity index (χ1) is 24.3. The van der Waals surface area contributed by atoms with E-state index in [4.69, 9.17) is 28.4 Å². The highest BCUT2D eigenvalue weighted by molar-refractivity contribution is 5.97. The molecule has 2 amide bonds. The number of amides is 2. The van der Waals surface area contributed by atoms with E-state index in [0.717, 1.165) is 58.4 Å². The molecule has 0 bridgehead atoms. The van der Waals surface area contributed by atoms with E-state index in [-0.39, 0.29) is 11.8 Å². The van der Waals surface area contributed by atoms with Crippen molar-refractivity contribution in [2.75, 3.05) is 55.7 Å². The standard InChI is InChI=1S/C40H46N2O8/c1-45-33-21-29-15-11-25(19-31(29)37(47-3)39(33)49-5)13-17-35(43)41-23-27-7-9-28(10-8-27)24-42-36(44)18-14-26-12-16-30-22-34(46-2)40(50-6)38(48-4)32(30)20-26/h11-22,27-28H,7-10,23-24H2,1-6H3,(H,41,43)(H,42,44). The lowest BCUT2D eigenvalue weighted by molar-refractivity contribution is -0.117. The molecular formula is C40H46N2O8. The van der Waals surface area contributed by atoms with Gasteiger partial charge in [0.2, 0.25) is 23.3 Å². The van der Waals surface area contributed by atoms with Crippen molar-refractivity contribution in [3.05, 3.63) is 71.8 Å². The Balaban J connectivity index is 1.07. The number of nitrogens with one attached hydrogen (secondary N) is 2. The van der Waals surface area contributed by atoms with Gasteiger partial charge in [0.25, 0.3) is 0 Å². The molecule has 5 rings (SSSR count). The lowest BCUT2D eigenvalue weighted by atomic mass is 9.82. The third-order valence-electron chi connectivity index (χ3n) is 9.28. The van der Waals surface area contributed by atoms with Crippen LogP contribution in [-0.4, -0.2) is 67.6 Å². The molecule has 1 aliphatic rings. The van der Waals surface area contributed by atoms with Crippen molar-refractivity contribution < 1.29 is 38.0 Å². The molecule has 0 aromatic heterocycles. The molecule has 50 heavy (non-hydrogen) atoms. The summed E-state index contributed by atoms with van der Waals surface area (Å²) in [5.41, 5.74) is 1.74. The molecule has 1 saturated carbocycles. The summed E-state index contributed by atoms with van der Waals surface area (Å²) in [4.78, 5) is 25.3. The first-order valence-corrected chi connectivity index (χ1v) is 16.7. The highest BCUT2D eigenvalue weighted by Gasteiger charge is 2.22. The third kappa shape index (κ3) is 8.25. The fourth-order valence-electron chi connectivity index (χ4n) is 6.57. The smallest absolute Gasteiger partial charge is 0.244 e. The maximum atomic E-state index is 12.7. The van der Waals surface area contributed by atoms with Gasteiger partial charge >= 0.3 is 0 Å². The monoisotopic (exact) mass is 682 g/mol. The zero-order valence-electron chi connectivity index (χ0n) is 29.6. The second kappa shape index (κ2) is 16.8. The van der Waals surface area contributed by atoms with Gasteiger partial charge in [0, 0.05) is 36.0 Å². The molecule has 0 heterocycles. The Kier molecular flexibility index (Phi) is 12.1. The normalized spacial score (nSPS) is 16.0. The molecule has 0 unspecified atom stereocenters. The van der Waals surface area contributed by atoms with E-state index in [9.17, 15) is 9.59 Å². The van der Waals surface area contributed by atoms with E-state index in [1.54, 1.807) is 67.0 Å². The number of rotatable bonds is 14. The number of methoxy groups -OCH3 is 6. The number of ether oxygens (including phenoxy) is 6. The minimum Gasteiger partial charge on any atom is -0.493 e. The molecule has 1 fully saturated rings. The van der Waals surface area contributed by atoms with Gasteiger partial charge in [0.05, 0.1) is 42.7 Å². The maximum absolute atomic E-state index is 12.7. The Morgan fingerprint density at radius 1 is 0.560 bits per heavy atom. The number of benzene rings is 4. The largest absolute Gasteiger partial charge is 0.493 e. The molecule has 0 spiro atoms. The number of carbonyl (C=O) groups is 2. The molecule has 4 aromatic carbocycles. The van der Waals surface area contributed by atoms with Crippen LogP contribution in [0, 0.1) is 11.8 Å². The average Bonchev–Trinajstić information content (AvgIpc) is 3.15. The van der Waals surface area contributed by atoms with Crippen molar-refractivity contribution in [2.45, 2.75) is 25.7 Å². The molecule has 1 aliphatic carbocycles. The Morgan fingerprint density at radius 3 is 1.28 bits per heavy atom. The summed E-state index contributed by atoms with van der Waals surface area (Å²) in [5, 5.41) is 9.73.